The van der Waals surface area contributed by atoms with Crippen molar-refractivity contribution >= 4 is 25.4 Å². The van der Waals surface area contributed by atoms with E-state index in [0.29, 0.717) is 11.9 Å². The monoisotopic (exact) mass is 185 g/mol. The Hall–Kier alpha value is -1.38. The van der Waals surface area contributed by atoms with Crippen molar-refractivity contribution in [2.24, 2.45) is 4.99 Å². The molecule has 0 aliphatic heterocycles. The highest BCUT2D eigenvalue weighted by Gasteiger charge is 1.94. The van der Waals surface area contributed by atoms with Gasteiger partial charge in [0.1, 0.15) is 7.85 Å². The van der Waals surface area contributed by atoms with Crippen LogP contribution in [0.4, 0.5) is 0 Å². The van der Waals surface area contributed by atoms with Crippen molar-refractivity contribution in [3.63, 3.8) is 0 Å². The Bertz CT molecular complexity index is 347. The zero-order chi connectivity index (χ0) is 10.4. The normalized spacial score (nSPS) is 10.6. The second-order valence-electron chi connectivity index (χ2n) is 3.07. The van der Waals surface area contributed by atoms with Gasteiger partial charge in [0, 0.05) is 12.6 Å². The van der Waals surface area contributed by atoms with Crippen LogP contribution >= 0.6 is 0 Å². The molecule has 0 saturated carbocycles. The molecular formula is C11H12BNO. The first-order chi connectivity index (χ1) is 6.72. The van der Waals surface area contributed by atoms with Crippen molar-refractivity contribution < 1.29 is 4.79 Å². The second kappa shape index (κ2) is 5.38. The third-order valence-corrected chi connectivity index (χ3v) is 1.73. The van der Waals surface area contributed by atoms with E-state index in [1.165, 1.54) is 0 Å². The van der Waals surface area contributed by atoms with E-state index in [0.717, 1.165) is 12.0 Å². The van der Waals surface area contributed by atoms with Gasteiger partial charge >= 0.3 is 0 Å². The van der Waals surface area contributed by atoms with Crippen LogP contribution in [0.1, 0.15) is 25.3 Å². The lowest BCUT2D eigenvalue weighted by Gasteiger charge is -1.94. The fourth-order valence-electron chi connectivity index (χ4n) is 1.06. The number of hydrogen-bond acceptors (Lipinski definition) is 1. The molecule has 1 aromatic carbocycles. The SMILES string of the molecule is [B]c1cccc(C=NC(=O)CCC)c1. The topological polar surface area (TPSA) is 29.4 Å². The van der Waals surface area contributed by atoms with Gasteiger partial charge in [-0.15, -0.1) is 0 Å². The van der Waals surface area contributed by atoms with Gasteiger partial charge in [-0.3, -0.25) is 4.79 Å². The maximum Gasteiger partial charge on any atom is 0.245 e. The van der Waals surface area contributed by atoms with E-state index in [2.05, 4.69) is 4.99 Å². The molecule has 70 valence electrons. The molecule has 0 bridgehead atoms. The molecule has 0 N–H and O–H groups in total. The molecule has 0 spiro atoms. The van der Waals surface area contributed by atoms with E-state index in [-0.39, 0.29) is 5.91 Å². The molecule has 0 aromatic heterocycles. The molecule has 2 radical (unpaired) electrons. The van der Waals surface area contributed by atoms with E-state index in [4.69, 9.17) is 7.85 Å². The molecule has 0 aliphatic carbocycles. The standard InChI is InChI=1S/C11H12BNO/c1-2-4-11(14)13-8-9-5-3-6-10(12)7-9/h3,5-8H,2,4H2,1H3. The lowest BCUT2D eigenvalue weighted by molar-refractivity contribution is -0.117. The summed E-state index contributed by atoms with van der Waals surface area (Å²) in [5, 5.41) is 0. The number of amides is 1. The van der Waals surface area contributed by atoms with Crippen LogP contribution < -0.4 is 5.46 Å². The van der Waals surface area contributed by atoms with Crippen molar-refractivity contribution in [2.75, 3.05) is 0 Å². The Kier molecular flexibility index (Phi) is 4.11. The van der Waals surface area contributed by atoms with Gasteiger partial charge in [0.25, 0.3) is 0 Å². The van der Waals surface area contributed by atoms with Crippen LogP contribution in [0.2, 0.25) is 0 Å². The van der Waals surface area contributed by atoms with Gasteiger partial charge in [0.2, 0.25) is 5.91 Å². The summed E-state index contributed by atoms with van der Waals surface area (Å²) in [4.78, 5) is 14.9. The number of rotatable bonds is 3. The Morgan fingerprint density at radius 2 is 2.36 bits per heavy atom. The van der Waals surface area contributed by atoms with Crippen molar-refractivity contribution in [3.8, 4) is 0 Å². The van der Waals surface area contributed by atoms with Crippen LogP contribution in [-0.4, -0.2) is 20.0 Å². The van der Waals surface area contributed by atoms with Crippen LogP contribution in [0.25, 0.3) is 0 Å². The third kappa shape index (κ3) is 3.56. The lowest BCUT2D eigenvalue weighted by atomic mass is 9.95. The summed E-state index contributed by atoms with van der Waals surface area (Å²) >= 11 is 0. The van der Waals surface area contributed by atoms with Crippen LogP contribution in [0.15, 0.2) is 29.3 Å². The minimum absolute atomic E-state index is 0.0880. The van der Waals surface area contributed by atoms with Crippen LogP contribution in [0, 0.1) is 0 Å². The maximum absolute atomic E-state index is 11.1. The molecule has 1 aromatic rings. The molecule has 2 nitrogen and oxygen atoms in total. The first-order valence-electron chi connectivity index (χ1n) is 4.65. The van der Waals surface area contributed by atoms with Crippen molar-refractivity contribution in [1.29, 1.82) is 0 Å². The van der Waals surface area contributed by atoms with Crippen molar-refractivity contribution in [2.45, 2.75) is 19.8 Å². The van der Waals surface area contributed by atoms with E-state index in [1.54, 1.807) is 18.3 Å². The molecule has 1 amide bonds. The van der Waals surface area contributed by atoms with Crippen LogP contribution in [0.3, 0.4) is 0 Å². The summed E-state index contributed by atoms with van der Waals surface area (Å²) in [5.41, 5.74) is 1.53. The molecule has 3 heteroatoms. The minimum Gasteiger partial charge on any atom is -0.273 e. The smallest absolute Gasteiger partial charge is 0.245 e. The first kappa shape index (κ1) is 10.7. The largest absolute Gasteiger partial charge is 0.273 e. The lowest BCUT2D eigenvalue weighted by Crippen LogP contribution is -2.02. The molecule has 0 fully saturated rings. The number of hydrogen-bond donors (Lipinski definition) is 0. The van der Waals surface area contributed by atoms with Gasteiger partial charge < -0.3 is 0 Å². The van der Waals surface area contributed by atoms with Gasteiger partial charge in [-0.05, 0) is 12.0 Å². The summed E-state index contributed by atoms with van der Waals surface area (Å²) in [5.74, 6) is -0.0880. The minimum atomic E-state index is -0.0880. The Balaban J connectivity index is 2.64. The quantitative estimate of drug-likeness (QED) is 0.514. The van der Waals surface area contributed by atoms with E-state index >= 15 is 0 Å². The summed E-state index contributed by atoms with van der Waals surface area (Å²) in [7, 11) is 5.58. The average Bonchev–Trinajstić information content (AvgIpc) is 2.15. The Labute approximate surface area is 85.5 Å². The highest BCUT2D eigenvalue weighted by atomic mass is 16.1. The fraction of sp³-hybridized carbons (Fsp3) is 0.273. The third-order valence-electron chi connectivity index (χ3n) is 1.73. The van der Waals surface area contributed by atoms with Crippen molar-refractivity contribution in [3.05, 3.63) is 29.8 Å². The summed E-state index contributed by atoms with van der Waals surface area (Å²) in [6.45, 7) is 1.95. The van der Waals surface area contributed by atoms with E-state index < -0.39 is 0 Å². The number of benzene rings is 1. The molecule has 0 atom stereocenters. The fourth-order valence-corrected chi connectivity index (χ4v) is 1.06. The average molecular weight is 185 g/mol. The van der Waals surface area contributed by atoms with Crippen LogP contribution in [0.5, 0.6) is 0 Å². The highest BCUT2D eigenvalue weighted by molar-refractivity contribution is 6.32. The zero-order valence-electron chi connectivity index (χ0n) is 8.23. The Morgan fingerprint density at radius 1 is 1.57 bits per heavy atom. The highest BCUT2D eigenvalue weighted by Crippen LogP contribution is 1.94. The van der Waals surface area contributed by atoms with Crippen LogP contribution in [-0.2, 0) is 4.79 Å². The van der Waals surface area contributed by atoms with Gasteiger partial charge in [-0.2, -0.15) is 0 Å². The van der Waals surface area contributed by atoms with E-state index in [9.17, 15) is 4.79 Å². The summed E-state index contributed by atoms with van der Waals surface area (Å²) in [6.07, 6.45) is 2.88. The van der Waals surface area contributed by atoms with Gasteiger partial charge in [-0.1, -0.05) is 36.7 Å². The molecule has 1 rings (SSSR count). The second-order valence-corrected chi connectivity index (χ2v) is 3.07. The summed E-state index contributed by atoms with van der Waals surface area (Å²) in [6, 6.07) is 7.27. The van der Waals surface area contributed by atoms with Gasteiger partial charge in [0.05, 0.1) is 0 Å². The molecule has 14 heavy (non-hydrogen) atoms. The molecule has 0 saturated heterocycles. The number of carbonyl (C=O) groups excluding carboxylic acids is 1. The van der Waals surface area contributed by atoms with Crippen molar-refractivity contribution in [1.82, 2.24) is 0 Å². The molecule has 0 aliphatic rings. The van der Waals surface area contributed by atoms with E-state index in [1.807, 2.05) is 19.1 Å². The molecule has 0 unspecified atom stereocenters. The predicted molar refractivity (Wildman–Crippen MR) is 59.3 cm³/mol. The van der Waals surface area contributed by atoms with Gasteiger partial charge in [0.15, 0.2) is 0 Å². The Morgan fingerprint density at radius 3 is 3.00 bits per heavy atom. The maximum atomic E-state index is 11.1. The number of carbonyl (C=O) groups is 1. The predicted octanol–water partition coefficient (Wildman–Crippen LogP) is 1.23. The summed E-state index contributed by atoms with van der Waals surface area (Å²) < 4.78 is 0. The number of nitrogens with zero attached hydrogens (tertiary/aromatic N) is 1. The first-order valence-corrected chi connectivity index (χ1v) is 4.65. The number of aliphatic imine (C=N–C) groups is 1. The zero-order valence-corrected chi connectivity index (χ0v) is 8.23. The van der Waals surface area contributed by atoms with Gasteiger partial charge in [-0.25, -0.2) is 4.99 Å². The molecular weight excluding hydrogens is 173 g/mol. The molecule has 0 heterocycles.